The van der Waals surface area contributed by atoms with E-state index in [0.29, 0.717) is 21.4 Å². The van der Waals surface area contributed by atoms with Gasteiger partial charge in [-0.15, -0.1) is 11.3 Å². The van der Waals surface area contributed by atoms with E-state index in [0.717, 1.165) is 11.3 Å². The highest BCUT2D eigenvalue weighted by Crippen LogP contribution is 2.33. The number of rotatable bonds is 4. The average molecular weight is 281 g/mol. The Kier molecular flexibility index (Phi) is 3.80. The molecule has 0 aliphatic rings. The number of benzene rings is 1. The maximum absolute atomic E-state index is 13.8. The molecule has 100 valence electrons. The van der Waals surface area contributed by atoms with Crippen molar-refractivity contribution < 1.29 is 19.1 Å². The molecule has 0 atom stereocenters. The molecule has 0 saturated heterocycles. The second kappa shape index (κ2) is 5.36. The molecule has 2 aromatic rings. The Hall–Kier alpha value is -1.95. The molecule has 1 aromatic heterocycles. The summed E-state index contributed by atoms with van der Waals surface area (Å²) in [5.74, 6) is -1.53. The van der Waals surface area contributed by atoms with E-state index in [2.05, 4.69) is 5.16 Å². The third kappa shape index (κ3) is 2.73. The van der Waals surface area contributed by atoms with Crippen molar-refractivity contribution in [1.29, 1.82) is 0 Å². The summed E-state index contributed by atoms with van der Waals surface area (Å²) in [6.07, 6.45) is 0. The van der Waals surface area contributed by atoms with Crippen LogP contribution in [0.2, 0.25) is 0 Å². The van der Waals surface area contributed by atoms with Crippen LogP contribution < -0.4 is 0 Å². The molecule has 2 rings (SSSR count). The number of thiophene rings is 1. The molecule has 0 fully saturated rings. The third-order valence-electron chi connectivity index (χ3n) is 2.41. The van der Waals surface area contributed by atoms with Crippen LogP contribution in [0.5, 0.6) is 0 Å². The maximum atomic E-state index is 13.8. The van der Waals surface area contributed by atoms with E-state index in [1.54, 1.807) is 26.0 Å². The smallest absolute Gasteiger partial charge is 0.346 e. The van der Waals surface area contributed by atoms with E-state index in [-0.39, 0.29) is 11.5 Å². The minimum Gasteiger partial charge on any atom is -0.477 e. The first kappa shape index (κ1) is 13.5. The summed E-state index contributed by atoms with van der Waals surface area (Å²) in [7, 11) is 0. The number of fused-ring (bicyclic) bond motifs is 1. The van der Waals surface area contributed by atoms with Gasteiger partial charge < -0.3 is 9.94 Å². The van der Waals surface area contributed by atoms with Crippen LogP contribution in [0.25, 0.3) is 10.1 Å². The molecule has 0 bridgehead atoms. The lowest BCUT2D eigenvalue weighted by molar-refractivity contribution is 0.0695. The molecule has 0 radical (unpaired) electrons. The fourth-order valence-electron chi connectivity index (χ4n) is 1.70. The van der Waals surface area contributed by atoms with Crippen molar-refractivity contribution in [2.75, 3.05) is 0 Å². The Morgan fingerprint density at radius 2 is 2.21 bits per heavy atom. The van der Waals surface area contributed by atoms with Crippen LogP contribution in [0.4, 0.5) is 4.39 Å². The predicted octanol–water partition coefficient (Wildman–Crippen LogP) is 3.65. The highest BCUT2D eigenvalue weighted by Gasteiger charge is 2.20. The zero-order valence-corrected chi connectivity index (χ0v) is 11.3. The summed E-state index contributed by atoms with van der Waals surface area (Å²) < 4.78 is 14.4. The summed E-state index contributed by atoms with van der Waals surface area (Å²) in [4.78, 5) is 16.3. The first-order valence-corrected chi connectivity index (χ1v) is 6.38. The summed E-state index contributed by atoms with van der Waals surface area (Å²) in [5, 5.41) is 13.2. The van der Waals surface area contributed by atoms with Gasteiger partial charge in [-0.25, -0.2) is 9.18 Å². The van der Waals surface area contributed by atoms with Crippen molar-refractivity contribution in [1.82, 2.24) is 0 Å². The van der Waals surface area contributed by atoms with Crippen LogP contribution in [0, 0.1) is 5.82 Å². The fourth-order valence-corrected chi connectivity index (χ4v) is 2.76. The zero-order chi connectivity index (χ0) is 14.0. The van der Waals surface area contributed by atoms with Gasteiger partial charge in [0.15, 0.2) is 0 Å². The summed E-state index contributed by atoms with van der Waals surface area (Å²) in [6.45, 7) is 3.45. The van der Waals surface area contributed by atoms with Crippen molar-refractivity contribution in [2.24, 2.45) is 5.16 Å². The van der Waals surface area contributed by atoms with Gasteiger partial charge in [0.25, 0.3) is 0 Å². The van der Waals surface area contributed by atoms with Gasteiger partial charge in [-0.2, -0.15) is 0 Å². The lowest BCUT2D eigenvalue weighted by atomic mass is 10.1. The number of hydrogen-bond acceptors (Lipinski definition) is 4. The first-order valence-electron chi connectivity index (χ1n) is 5.57. The lowest BCUT2D eigenvalue weighted by Crippen LogP contribution is -2.00. The molecule has 0 aliphatic heterocycles. The normalized spacial score (nSPS) is 10.5. The molecule has 4 nitrogen and oxygen atoms in total. The Balaban J connectivity index is 2.51. The lowest BCUT2D eigenvalue weighted by Gasteiger charge is -2.02. The topological polar surface area (TPSA) is 58.9 Å². The Morgan fingerprint density at radius 3 is 2.84 bits per heavy atom. The third-order valence-corrected chi connectivity index (χ3v) is 3.60. The Bertz CT molecular complexity index is 659. The van der Waals surface area contributed by atoms with Crippen molar-refractivity contribution in [3.05, 3.63) is 34.5 Å². The zero-order valence-electron chi connectivity index (χ0n) is 10.4. The number of nitrogens with zero attached hydrogens (tertiary/aromatic N) is 1. The molecule has 1 heterocycles. The molecule has 6 heteroatoms. The SMILES string of the molecule is CC(C)=NOCc1c(C(=O)O)sc2cccc(F)c12. The Morgan fingerprint density at radius 1 is 1.47 bits per heavy atom. The van der Waals surface area contributed by atoms with E-state index < -0.39 is 11.8 Å². The quantitative estimate of drug-likeness (QED) is 0.687. The van der Waals surface area contributed by atoms with Crippen LogP contribution in [0.15, 0.2) is 23.4 Å². The van der Waals surface area contributed by atoms with Gasteiger partial charge >= 0.3 is 5.97 Å². The van der Waals surface area contributed by atoms with Crippen molar-refractivity contribution in [3.63, 3.8) is 0 Å². The maximum Gasteiger partial charge on any atom is 0.346 e. The largest absolute Gasteiger partial charge is 0.477 e. The first-order chi connectivity index (χ1) is 9.00. The Labute approximate surface area is 113 Å². The van der Waals surface area contributed by atoms with Crippen LogP contribution in [-0.2, 0) is 11.4 Å². The minimum atomic E-state index is -1.09. The number of aromatic carboxylic acids is 1. The number of carboxylic acids is 1. The summed E-state index contributed by atoms with van der Waals surface area (Å²) >= 11 is 1.04. The van der Waals surface area contributed by atoms with Gasteiger partial charge in [0.1, 0.15) is 17.3 Å². The van der Waals surface area contributed by atoms with Crippen molar-refractivity contribution in [2.45, 2.75) is 20.5 Å². The van der Waals surface area contributed by atoms with Crippen molar-refractivity contribution in [3.8, 4) is 0 Å². The molecular weight excluding hydrogens is 269 g/mol. The highest BCUT2D eigenvalue weighted by molar-refractivity contribution is 7.21. The van der Waals surface area contributed by atoms with Gasteiger partial charge in [-0.05, 0) is 26.0 Å². The molecule has 0 spiro atoms. The molecule has 1 N–H and O–H groups in total. The van der Waals surface area contributed by atoms with E-state index in [9.17, 15) is 9.18 Å². The predicted molar refractivity (Wildman–Crippen MR) is 72.3 cm³/mol. The second-order valence-corrected chi connectivity index (χ2v) is 5.19. The molecule has 1 aromatic carbocycles. The van der Waals surface area contributed by atoms with Gasteiger partial charge in [0.2, 0.25) is 0 Å². The molecule has 0 aliphatic carbocycles. The van der Waals surface area contributed by atoms with Crippen molar-refractivity contribution >= 4 is 33.1 Å². The van der Waals surface area contributed by atoms with E-state index >= 15 is 0 Å². The van der Waals surface area contributed by atoms with Gasteiger partial charge in [-0.3, -0.25) is 0 Å². The fraction of sp³-hybridized carbons (Fsp3) is 0.231. The summed E-state index contributed by atoms with van der Waals surface area (Å²) in [5.41, 5.74) is 1.03. The number of oxime groups is 1. The monoisotopic (exact) mass is 281 g/mol. The standard InChI is InChI=1S/C13H12FNO3S/c1-7(2)15-18-6-8-11-9(14)4-3-5-10(11)19-12(8)13(16)17/h3-5H,6H2,1-2H3,(H,16,17). The van der Waals surface area contributed by atoms with Crippen LogP contribution in [0.3, 0.4) is 0 Å². The van der Waals surface area contributed by atoms with Crippen LogP contribution >= 0.6 is 11.3 Å². The van der Waals surface area contributed by atoms with E-state index in [1.807, 2.05) is 0 Å². The number of carbonyl (C=O) groups is 1. The number of carboxylic acid groups (broad SMARTS) is 1. The van der Waals surface area contributed by atoms with Crippen LogP contribution in [0.1, 0.15) is 29.1 Å². The molecule has 0 saturated carbocycles. The average Bonchev–Trinajstić information content (AvgIpc) is 2.69. The van der Waals surface area contributed by atoms with E-state index in [1.165, 1.54) is 6.07 Å². The number of hydrogen-bond donors (Lipinski definition) is 1. The molecule has 19 heavy (non-hydrogen) atoms. The van der Waals surface area contributed by atoms with E-state index in [4.69, 9.17) is 9.94 Å². The minimum absolute atomic E-state index is 0.0618. The molecule has 0 unspecified atom stereocenters. The van der Waals surface area contributed by atoms with Gasteiger partial charge in [0, 0.05) is 15.6 Å². The van der Waals surface area contributed by atoms with Gasteiger partial charge in [0.05, 0.1) is 5.71 Å². The molecular formula is C13H12FNO3S. The number of halogens is 1. The van der Waals surface area contributed by atoms with Crippen LogP contribution in [-0.4, -0.2) is 16.8 Å². The van der Waals surface area contributed by atoms with Gasteiger partial charge in [-0.1, -0.05) is 11.2 Å². The molecule has 0 amide bonds. The highest BCUT2D eigenvalue weighted by atomic mass is 32.1. The second-order valence-electron chi connectivity index (χ2n) is 4.14. The summed E-state index contributed by atoms with van der Waals surface area (Å²) in [6, 6.07) is 4.55.